The predicted octanol–water partition coefficient (Wildman–Crippen LogP) is 3.74. The number of hydrogen-bond donors (Lipinski definition) is 1. The number of aromatic nitrogens is 1. The Morgan fingerprint density at radius 1 is 1.35 bits per heavy atom. The summed E-state index contributed by atoms with van der Waals surface area (Å²) in [5.41, 5.74) is 2.14. The van der Waals surface area contributed by atoms with E-state index >= 15 is 0 Å². The van der Waals surface area contributed by atoms with Gasteiger partial charge >= 0.3 is 0 Å². The highest BCUT2D eigenvalue weighted by molar-refractivity contribution is 7.09. The average Bonchev–Trinajstić information content (AvgIpc) is 2.65. The van der Waals surface area contributed by atoms with E-state index in [0.29, 0.717) is 0 Å². The summed E-state index contributed by atoms with van der Waals surface area (Å²) >= 11 is 1.77. The Morgan fingerprint density at radius 3 is 2.53 bits per heavy atom. The van der Waals surface area contributed by atoms with Crippen LogP contribution >= 0.6 is 11.3 Å². The maximum atomic E-state index is 4.16. The topological polar surface area (TPSA) is 24.9 Å². The summed E-state index contributed by atoms with van der Waals surface area (Å²) in [5, 5.41) is 3.62. The third-order valence-corrected chi connectivity index (χ3v) is 3.50. The van der Waals surface area contributed by atoms with Crippen LogP contribution in [0.1, 0.15) is 45.9 Å². The first-order valence-electron chi connectivity index (χ1n) is 6.49. The Labute approximate surface area is 110 Å². The van der Waals surface area contributed by atoms with Gasteiger partial charge in [0.1, 0.15) is 0 Å². The zero-order chi connectivity index (χ0) is 12.9. The zero-order valence-electron chi connectivity index (χ0n) is 11.8. The molecule has 0 fully saturated rings. The van der Waals surface area contributed by atoms with Gasteiger partial charge in [0.15, 0.2) is 0 Å². The quantitative estimate of drug-likeness (QED) is 0.836. The van der Waals surface area contributed by atoms with Crippen LogP contribution in [0.2, 0.25) is 0 Å². The molecule has 17 heavy (non-hydrogen) atoms. The molecule has 0 saturated carbocycles. The van der Waals surface area contributed by atoms with Crippen molar-refractivity contribution in [3.05, 3.63) is 16.6 Å². The lowest BCUT2D eigenvalue weighted by Crippen LogP contribution is -2.39. The first-order chi connectivity index (χ1) is 7.87. The van der Waals surface area contributed by atoms with Gasteiger partial charge in [-0.1, -0.05) is 13.8 Å². The number of hydrogen-bond acceptors (Lipinski definition) is 3. The molecule has 98 valence electrons. The molecule has 0 amide bonds. The molecule has 2 nitrogen and oxygen atoms in total. The summed E-state index contributed by atoms with van der Waals surface area (Å²) in [6, 6.07) is 0. The van der Waals surface area contributed by atoms with Gasteiger partial charge in [0, 0.05) is 16.6 Å². The number of nitrogens with one attached hydrogen (secondary N) is 1. The molecule has 0 radical (unpaired) electrons. The number of rotatable bonds is 6. The molecule has 0 aromatic carbocycles. The highest BCUT2D eigenvalue weighted by Crippen LogP contribution is 2.19. The van der Waals surface area contributed by atoms with Gasteiger partial charge in [-0.2, -0.15) is 0 Å². The van der Waals surface area contributed by atoms with E-state index in [1.807, 2.05) is 11.7 Å². The van der Waals surface area contributed by atoms with E-state index < -0.39 is 0 Å². The van der Waals surface area contributed by atoms with Crippen molar-refractivity contribution in [2.75, 3.05) is 6.54 Å². The fourth-order valence-corrected chi connectivity index (χ4v) is 2.69. The summed E-state index contributed by atoms with van der Waals surface area (Å²) in [6.45, 7) is 12.4. The van der Waals surface area contributed by atoms with E-state index in [9.17, 15) is 0 Å². The molecule has 3 heteroatoms. The second-order valence-electron chi connectivity index (χ2n) is 6.30. The second kappa shape index (κ2) is 6.50. The highest BCUT2D eigenvalue weighted by Gasteiger charge is 2.16. The van der Waals surface area contributed by atoms with Gasteiger partial charge in [-0.3, -0.25) is 4.98 Å². The monoisotopic (exact) mass is 254 g/mol. The molecule has 0 bridgehead atoms. The van der Waals surface area contributed by atoms with Gasteiger partial charge in [-0.25, -0.2) is 0 Å². The smallest absolute Gasteiger partial charge is 0.0794 e. The third kappa shape index (κ3) is 6.79. The van der Waals surface area contributed by atoms with Crippen molar-refractivity contribution in [2.45, 2.75) is 53.0 Å². The molecule has 0 aliphatic rings. The second-order valence-corrected chi connectivity index (χ2v) is 7.27. The van der Waals surface area contributed by atoms with Crippen LogP contribution in [0.5, 0.6) is 0 Å². The average molecular weight is 254 g/mol. The first-order valence-corrected chi connectivity index (χ1v) is 7.37. The molecule has 0 saturated heterocycles. The lowest BCUT2D eigenvalue weighted by Gasteiger charge is -2.26. The fraction of sp³-hybridized carbons (Fsp3) is 0.786. The van der Waals surface area contributed by atoms with Gasteiger partial charge in [-0.15, -0.1) is 11.3 Å². The van der Waals surface area contributed by atoms with E-state index in [1.165, 1.54) is 11.3 Å². The maximum Gasteiger partial charge on any atom is 0.0794 e. The van der Waals surface area contributed by atoms with E-state index in [1.54, 1.807) is 11.3 Å². The van der Waals surface area contributed by atoms with E-state index in [4.69, 9.17) is 0 Å². The highest BCUT2D eigenvalue weighted by atomic mass is 32.1. The van der Waals surface area contributed by atoms with Gasteiger partial charge < -0.3 is 5.32 Å². The van der Waals surface area contributed by atoms with Gasteiger partial charge in [0.25, 0.3) is 0 Å². The minimum absolute atomic E-state index is 0.211. The van der Waals surface area contributed by atoms with Crippen molar-refractivity contribution < 1.29 is 0 Å². The molecule has 1 N–H and O–H groups in total. The SMILES string of the molecule is CC(C)CC(CNC(C)(C)C)Cc1cncs1. The summed E-state index contributed by atoms with van der Waals surface area (Å²) in [5.74, 6) is 1.48. The van der Waals surface area contributed by atoms with Crippen LogP contribution in [0.4, 0.5) is 0 Å². The lowest BCUT2D eigenvalue weighted by molar-refractivity contribution is 0.332. The third-order valence-electron chi connectivity index (χ3n) is 2.70. The van der Waals surface area contributed by atoms with Crippen molar-refractivity contribution in [3.63, 3.8) is 0 Å². The molecule has 1 aromatic rings. The van der Waals surface area contributed by atoms with Crippen molar-refractivity contribution in [1.82, 2.24) is 10.3 Å². The van der Waals surface area contributed by atoms with Crippen molar-refractivity contribution in [3.8, 4) is 0 Å². The minimum atomic E-state index is 0.211. The van der Waals surface area contributed by atoms with E-state index in [0.717, 1.165) is 24.8 Å². The molecule has 1 atom stereocenters. The number of nitrogens with zero attached hydrogens (tertiary/aromatic N) is 1. The molecule has 0 aliphatic heterocycles. The predicted molar refractivity (Wildman–Crippen MR) is 76.5 cm³/mol. The van der Waals surface area contributed by atoms with Crippen LogP contribution in [0.25, 0.3) is 0 Å². The standard InChI is InChI=1S/C14H26N2S/c1-11(2)6-12(8-16-14(3,4)5)7-13-9-15-10-17-13/h9-12,16H,6-8H2,1-5H3. The lowest BCUT2D eigenvalue weighted by atomic mass is 9.92. The molecule has 1 rings (SSSR count). The van der Waals surface area contributed by atoms with Crippen LogP contribution in [-0.4, -0.2) is 17.1 Å². The zero-order valence-corrected chi connectivity index (χ0v) is 12.6. The Morgan fingerprint density at radius 2 is 2.06 bits per heavy atom. The van der Waals surface area contributed by atoms with Crippen LogP contribution in [0, 0.1) is 11.8 Å². The largest absolute Gasteiger partial charge is 0.312 e. The molecule has 1 unspecified atom stereocenters. The van der Waals surface area contributed by atoms with Crippen molar-refractivity contribution in [1.29, 1.82) is 0 Å². The fourth-order valence-electron chi connectivity index (χ4n) is 1.98. The van der Waals surface area contributed by atoms with Gasteiger partial charge in [0.05, 0.1) is 5.51 Å². The Kier molecular flexibility index (Phi) is 5.60. The van der Waals surface area contributed by atoms with Crippen LogP contribution in [0.3, 0.4) is 0 Å². The molecule has 0 spiro atoms. The Hall–Kier alpha value is -0.410. The molecular formula is C14H26N2S. The summed E-state index contributed by atoms with van der Waals surface area (Å²) < 4.78 is 0. The van der Waals surface area contributed by atoms with Crippen molar-refractivity contribution in [2.24, 2.45) is 11.8 Å². The minimum Gasteiger partial charge on any atom is -0.312 e. The summed E-state index contributed by atoms with van der Waals surface area (Å²) in [7, 11) is 0. The van der Waals surface area contributed by atoms with Crippen LogP contribution in [-0.2, 0) is 6.42 Å². The van der Waals surface area contributed by atoms with E-state index in [-0.39, 0.29) is 5.54 Å². The number of thiazole rings is 1. The first kappa shape index (κ1) is 14.7. The summed E-state index contributed by atoms with van der Waals surface area (Å²) in [4.78, 5) is 5.57. The Bertz CT molecular complexity index is 299. The molecular weight excluding hydrogens is 228 g/mol. The Balaban J connectivity index is 2.48. The van der Waals surface area contributed by atoms with Gasteiger partial charge in [-0.05, 0) is 52.0 Å². The molecule has 1 aromatic heterocycles. The van der Waals surface area contributed by atoms with Crippen LogP contribution in [0.15, 0.2) is 11.7 Å². The van der Waals surface area contributed by atoms with E-state index in [2.05, 4.69) is 44.9 Å². The van der Waals surface area contributed by atoms with Crippen molar-refractivity contribution >= 4 is 11.3 Å². The summed E-state index contributed by atoms with van der Waals surface area (Å²) in [6.07, 6.45) is 4.45. The molecule has 1 heterocycles. The van der Waals surface area contributed by atoms with Gasteiger partial charge in [0.2, 0.25) is 0 Å². The maximum absolute atomic E-state index is 4.16. The molecule has 0 aliphatic carbocycles. The normalized spacial score (nSPS) is 14.2. The van der Waals surface area contributed by atoms with Crippen LogP contribution < -0.4 is 5.32 Å².